The van der Waals surface area contributed by atoms with Crippen molar-refractivity contribution in [2.45, 2.75) is 201 Å². The highest BCUT2D eigenvalue weighted by Gasteiger charge is 2.28. The van der Waals surface area contributed by atoms with Crippen LogP contribution in [-0.4, -0.2) is 36.0 Å². The Labute approximate surface area is 287 Å². The van der Waals surface area contributed by atoms with E-state index >= 15 is 0 Å². The van der Waals surface area contributed by atoms with Gasteiger partial charge in [0.1, 0.15) is 6.33 Å². The SMILES string of the molecule is c1nc(N(SC2CCCCCCC2)SC2CCCCCCC2)nc(N(SC2CCCCCCC2)SC2CCCCCCC2)n1. The van der Waals surface area contributed by atoms with E-state index < -0.39 is 0 Å². The third-order valence-corrected chi connectivity index (χ3v) is 15.6. The molecule has 44 heavy (non-hydrogen) atoms. The molecule has 0 saturated heterocycles. The van der Waals surface area contributed by atoms with Crippen molar-refractivity contribution in [1.29, 1.82) is 0 Å². The van der Waals surface area contributed by atoms with E-state index in [0.29, 0.717) is 21.0 Å². The van der Waals surface area contributed by atoms with Crippen molar-refractivity contribution in [3.63, 3.8) is 0 Å². The fourth-order valence-corrected chi connectivity index (χ4v) is 13.2. The molecule has 5 nitrogen and oxygen atoms in total. The molecule has 0 amide bonds. The zero-order valence-corrected chi connectivity index (χ0v) is 30.8. The van der Waals surface area contributed by atoms with Crippen LogP contribution in [0.25, 0.3) is 0 Å². The lowest BCUT2D eigenvalue weighted by atomic mass is 10.0. The van der Waals surface area contributed by atoms with Gasteiger partial charge in [-0.15, -0.1) is 0 Å². The molecule has 1 aromatic rings. The van der Waals surface area contributed by atoms with E-state index in [1.54, 1.807) is 0 Å². The van der Waals surface area contributed by atoms with E-state index in [9.17, 15) is 0 Å². The van der Waals surface area contributed by atoms with Crippen molar-refractivity contribution >= 4 is 59.7 Å². The summed E-state index contributed by atoms with van der Waals surface area (Å²) >= 11 is 8.24. The van der Waals surface area contributed by atoms with Crippen molar-refractivity contribution in [3.05, 3.63) is 6.33 Å². The molecule has 9 heteroatoms. The lowest BCUT2D eigenvalue weighted by Gasteiger charge is -2.32. The molecule has 0 aromatic carbocycles. The topological polar surface area (TPSA) is 45.2 Å². The number of aromatic nitrogens is 3. The van der Waals surface area contributed by atoms with Gasteiger partial charge in [0.15, 0.2) is 0 Å². The third kappa shape index (κ3) is 12.9. The van der Waals surface area contributed by atoms with Gasteiger partial charge in [-0.2, -0.15) is 15.0 Å². The predicted octanol–water partition coefficient (Wildman–Crippen LogP) is 12.5. The van der Waals surface area contributed by atoms with Crippen LogP contribution in [0.2, 0.25) is 0 Å². The van der Waals surface area contributed by atoms with Crippen LogP contribution >= 0.6 is 47.8 Å². The van der Waals surface area contributed by atoms with Gasteiger partial charge in [-0.05, 0) is 99.2 Å². The summed E-state index contributed by atoms with van der Waals surface area (Å²) in [6, 6.07) is 0. The fourth-order valence-electron chi connectivity index (χ4n) is 7.33. The molecule has 0 unspecified atom stereocenters. The second kappa shape index (κ2) is 21.1. The van der Waals surface area contributed by atoms with Gasteiger partial charge in [-0.3, -0.25) is 0 Å². The summed E-state index contributed by atoms with van der Waals surface area (Å²) in [6.07, 6.45) is 40.2. The van der Waals surface area contributed by atoms with Crippen LogP contribution in [0, 0.1) is 0 Å². The molecule has 250 valence electrons. The average molecular weight is 680 g/mol. The van der Waals surface area contributed by atoms with Gasteiger partial charge >= 0.3 is 0 Å². The molecule has 0 bridgehead atoms. The number of anilines is 2. The van der Waals surface area contributed by atoms with Crippen LogP contribution in [0.4, 0.5) is 11.9 Å². The highest BCUT2D eigenvalue weighted by atomic mass is 32.2. The first-order chi connectivity index (χ1) is 21.8. The first kappa shape index (κ1) is 35.3. The smallest absolute Gasteiger partial charge is 0.224 e. The van der Waals surface area contributed by atoms with Crippen LogP contribution in [-0.2, 0) is 0 Å². The average Bonchev–Trinajstić information content (AvgIpc) is 2.97. The molecule has 4 aliphatic carbocycles. The van der Waals surface area contributed by atoms with Gasteiger partial charge in [-0.25, -0.2) is 7.42 Å². The summed E-state index contributed by atoms with van der Waals surface area (Å²) in [5.74, 6) is 1.77. The largest absolute Gasteiger partial charge is 0.251 e. The molecule has 0 spiro atoms. The van der Waals surface area contributed by atoms with Gasteiger partial charge in [-0.1, -0.05) is 128 Å². The highest BCUT2D eigenvalue weighted by Crippen LogP contribution is 2.43. The quantitative estimate of drug-likeness (QED) is 0.225. The molecule has 4 fully saturated rings. The first-order valence-corrected chi connectivity index (χ1v) is 22.1. The van der Waals surface area contributed by atoms with Crippen molar-refractivity contribution in [3.8, 4) is 0 Å². The fraction of sp³-hybridized carbons (Fsp3) is 0.914. The Morgan fingerprint density at radius 3 is 0.841 bits per heavy atom. The molecule has 0 aliphatic heterocycles. The minimum absolute atomic E-state index is 0.668. The Hall–Kier alpha value is 0.01000. The van der Waals surface area contributed by atoms with Gasteiger partial charge in [0.25, 0.3) is 11.9 Å². The Balaban J connectivity index is 1.36. The zero-order chi connectivity index (χ0) is 30.1. The summed E-state index contributed by atoms with van der Waals surface area (Å²) in [6.45, 7) is 0. The van der Waals surface area contributed by atoms with E-state index in [0.717, 1.165) is 11.9 Å². The normalized spacial score (nSPS) is 23.6. The predicted molar refractivity (Wildman–Crippen MR) is 200 cm³/mol. The van der Waals surface area contributed by atoms with E-state index in [4.69, 9.17) is 15.0 Å². The number of rotatable bonds is 10. The van der Waals surface area contributed by atoms with Crippen LogP contribution in [0.5, 0.6) is 0 Å². The van der Waals surface area contributed by atoms with Gasteiger partial charge in [0, 0.05) is 21.0 Å². The summed E-state index contributed by atoms with van der Waals surface area (Å²) in [7, 11) is 0. The summed E-state index contributed by atoms with van der Waals surface area (Å²) in [4.78, 5) is 15.2. The van der Waals surface area contributed by atoms with Gasteiger partial charge in [0.05, 0.1) is 0 Å². The van der Waals surface area contributed by atoms with Crippen LogP contribution < -0.4 is 7.42 Å². The number of nitrogens with zero attached hydrogens (tertiary/aromatic N) is 5. The number of hydrogen-bond donors (Lipinski definition) is 0. The van der Waals surface area contributed by atoms with Gasteiger partial charge < -0.3 is 0 Å². The van der Waals surface area contributed by atoms with E-state index in [2.05, 4.69) is 55.2 Å². The minimum atomic E-state index is 0.668. The van der Waals surface area contributed by atoms with Crippen molar-refractivity contribution in [2.24, 2.45) is 0 Å². The lowest BCUT2D eigenvalue weighted by Crippen LogP contribution is -2.23. The van der Waals surface area contributed by atoms with Crippen molar-refractivity contribution in [2.75, 3.05) is 7.42 Å². The molecular weight excluding hydrogens is 619 g/mol. The molecule has 0 N–H and O–H groups in total. The summed E-state index contributed by atoms with van der Waals surface area (Å²) in [5, 5.41) is 2.67. The summed E-state index contributed by atoms with van der Waals surface area (Å²) in [5.41, 5.74) is 0. The van der Waals surface area contributed by atoms with Crippen LogP contribution in [0.1, 0.15) is 180 Å². The maximum atomic E-state index is 5.35. The lowest BCUT2D eigenvalue weighted by molar-refractivity contribution is 0.511. The molecule has 4 aliphatic rings. The van der Waals surface area contributed by atoms with E-state index in [1.165, 1.54) is 180 Å². The van der Waals surface area contributed by atoms with Crippen molar-refractivity contribution in [1.82, 2.24) is 15.0 Å². The van der Waals surface area contributed by atoms with Crippen LogP contribution in [0.15, 0.2) is 6.33 Å². The van der Waals surface area contributed by atoms with E-state index in [1.807, 2.05) is 6.33 Å². The van der Waals surface area contributed by atoms with Gasteiger partial charge in [0.2, 0.25) is 0 Å². The third-order valence-electron chi connectivity index (χ3n) is 10.1. The Morgan fingerprint density at radius 2 is 0.591 bits per heavy atom. The molecular formula is C35H61N5S4. The zero-order valence-electron chi connectivity index (χ0n) is 27.6. The van der Waals surface area contributed by atoms with Crippen LogP contribution in [0.3, 0.4) is 0 Å². The van der Waals surface area contributed by atoms with E-state index in [-0.39, 0.29) is 0 Å². The summed E-state index contributed by atoms with van der Waals surface area (Å²) < 4.78 is 4.95. The first-order valence-electron chi connectivity index (χ1n) is 18.8. The Kier molecular flexibility index (Phi) is 16.9. The van der Waals surface area contributed by atoms with Crippen molar-refractivity contribution < 1.29 is 0 Å². The maximum Gasteiger partial charge on any atom is 0.251 e. The second-order valence-corrected chi connectivity index (χ2v) is 19.3. The molecule has 5 rings (SSSR count). The monoisotopic (exact) mass is 679 g/mol. The minimum Gasteiger partial charge on any atom is -0.224 e. The molecule has 0 radical (unpaired) electrons. The molecule has 0 atom stereocenters. The Bertz CT molecular complexity index is 762. The highest BCUT2D eigenvalue weighted by molar-refractivity contribution is 8.19. The standard InChI is InChI=1S/C35H61N5S4/c1-5-13-21-30(22-14-6-1)41-39(42-31-23-15-7-2-8-16-24-31)34-36-29-37-35(38-34)40(43-32-25-17-9-3-10-18-26-32)44-33-27-19-11-4-12-20-28-33/h29-33H,1-28H2. The molecule has 4 saturated carbocycles. The molecule has 1 aromatic heterocycles. The maximum absolute atomic E-state index is 5.35. The second-order valence-electron chi connectivity index (χ2n) is 13.9. The Morgan fingerprint density at radius 1 is 0.364 bits per heavy atom. The molecule has 1 heterocycles. The number of hydrogen-bond acceptors (Lipinski definition) is 9.